The van der Waals surface area contributed by atoms with Crippen molar-refractivity contribution in [2.24, 2.45) is 5.92 Å². The molecule has 0 atom stereocenters. The van der Waals surface area contributed by atoms with Crippen molar-refractivity contribution in [2.45, 2.75) is 44.9 Å². The molecule has 0 aromatic heterocycles. The van der Waals surface area contributed by atoms with Gasteiger partial charge < -0.3 is 20.0 Å². The summed E-state index contributed by atoms with van der Waals surface area (Å²) in [4.78, 5) is 31.8. The SMILES string of the molecule is CN1CCC(=O)Nc2cc(C(=O)N3CCCN(CC4CCCCC4)CC3)ccc21. The van der Waals surface area contributed by atoms with Crippen molar-refractivity contribution >= 4 is 23.2 Å². The van der Waals surface area contributed by atoms with Gasteiger partial charge in [0.15, 0.2) is 0 Å². The molecular formula is C23H34N4O2. The second-order valence-electron chi connectivity index (χ2n) is 8.90. The summed E-state index contributed by atoms with van der Waals surface area (Å²) < 4.78 is 0. The summed E-state index contributed by atoms with van der Waals surface area (Å²) in [6.45, 7) is 5.53. The normalized spacial score (nSPS) is 21.9. The molecule has 1 aliphatic carbocycles. The number of benzene rings is 1. The number of nitrogens with one attached hydrogen (secondary N) is 1. The minimum absolute atomic E-state index is 0.00771. The van der Waals surface area contributed by atoms with Crippen LogP contribution in [0.3, 0.4) is 0 Å². The van der Waals surface area contributed by atoms with Crippen molar-refractivity contribution < 1.29 is 9.59 Å². The Morgan fingerprint density at radius 1 is 1.03 bits per heavy atom. The monoisotopic (exact) mass is 398 g/mol. The molecule has 1 saturated carbocycles. The molecule has 158 valence electrons. The Balaban J connectivity index is 1.40. The molecule has 4 rings (SSSR count). The van der Waals surface area contributed by atoms with Gasteiger partial charge in [-0.2, -0.15) is 0 Å². The number of amides is 2. The molecule has 0 radical (unpaired) electrons. The number of carbonyl (C=O) groups excluding carboxylic acids is 2. The maximum absolute atomic E-state index is 13.2. The number of anilines is 2. The zero-order chi connectivity index (χ0) is 20.2. The van der Waals surface area contributed by atoms with Crippen molar-refractivity contribution in [3.05, 3.63) is 23.8 Å². The van der Waals surface area contributed by atoms with Crippen LogP contribution in [-0.2, 0) is 4.79 Å². The van der Waals surface area contributed by atoms with E-state index in [-0.39, 0.29) is 11.8 Å². The fourth-order valence-electron chi connectivity index (χ4n) is 4.98. The standard InChI is InChI=1S/C23H34N4O2/c1-25-13-10-22(28)24-20-16-19(8-9-21(20)25)23(29)27-12-5-11-26(14-15-27)17-18-6-3-2-4-7-18/h8-9,16,18H,2-7,10-15,17H2,1H3,(H,24,28). The second kappa shape index (κ2) is 9.16. The van der Waals surface area contributed by atoms with Gasteiger partial charge in [-0.1, -0.05) is 19.3 Å². The molecule has 1 aromatic rings. The van der Waals surface area contributed by atoms with E-state index in [2.05, 4.69) is 15.1 Å². The Hall–Kier alpha value is -2.08. The van der Waals surface area contributed by atoms with Gasteiger partial charge >= 0.3 is 0 Å². The first-order valence-corrected chi connectivity index (χ1v) is 11.3. The molecule has 2 aliphatic heterocycles. The van der Waals surface area contributed by atoms with Crippen molar-refractivity contribution in [3.8, 4) is 0 Å². The molecule has 2 fully saturated rings. The van der Waals surface area contributed by atoms with Gasteiger partial charge in [-0.25, -0.2) is 0 Å². The molecule has 0 bridgehead atoms. The molecule has 1 aromatic carbocycles. The molecule has 6 heteroatoms. The first-order valence-electron chi connectivity index (χ1n) is 11.3. The van der Waals surface area contributed by atoms with Gasteiger partial charge in [-0.15, -0.1) is 0 Å². The quantitative estimate of drug-likeness (QED) is 0.850. The third-order valence-corrected chi connectivity index (χ3v) is 6.72. The Kier molecular flexibility index (Phi) is 6.38. The van der Waals surface area contributed by atoms with Crippen LogP contribution in [0.4, 0.5) is 11.4 Å². The lowest BCUT2D eigenvalue weighted by Crippen LogP contribution is -2.37. The Morgan fingerprint density at radius 3 is 2.69 bits per heavy atom. The Morgan fingerprint density at radius 2 is 1.86 bits per heavy atom. The van der Waals surface area contributed by atoms with Gasteiger partial charge in [-0.3, -0.25) is 9.59 Å². The van der Waals surface area contributed by atoms with E-state index in [1.165, 1.54) is 38.6 Å². The zero-order valence-electron chi connectivity index (χ0n) is 17.7. The summed E-state index contributed by atoms with van der Waals surface area (Å²) in [6, 6.07) is 5.71. The number of hydrogen-bond acceptors (Lipinski definition) is 4. The maximum atomic E-state index is 13.2. The second-order valence-corrected chi connectivity index (χ2v) is 8.90. The van der Waals surface area contributed by atoms with Gasteiger partial charge in [0, 0.05) is 51.8 Å². The highest BCUT2D eigenvalue weighted by molar-refractivity contribution is 6.00. The fourth-order valence-corrected chi connectivity index (χ4v) is 4.98. The number of carbonyl (C=O) groups is 2. The van der Waals surface area contributed by atoms with Crippen LogP contribution in [0.15, 0.2) is 18.2 Å². The predicted molar refractivity (Wildman–Crippen MR) is 116 cm³/mol. The van der Waals surface area contributed by atoms with Gasteiger partial charge in [0.1, 0.15) is 0 Å². The molecule has 6 nitrogen and oxygen atoms in total. The fraction of sp³-hybridized carbons (Fsp3) is 0.652. The Labute approximate surface area is 174 Å². The summed E-state index contributed by atoms with van der Waals surface area (Å²) >= 11 is 0. The topological polar surface area (TPSA) is 55.9 Å². The number of rotatable bonds is 3. The van der Waals surface area contributed by atoms with Crippen molar-refractivity contribution in [1.82, 2.24) is 9.80 Å². The average Bonchev–Trinajstić information content (AvgIpc) is 3.05. The van der Waals surface area contributed by atoms with E-state index in [1.54, 1.807) is 0 Å². The predicted octanol–water partition coefficient (Wildman–Crippen LogP) is 3.19. The minimum Gasteiger partial charge on any atom is -0.372 e. The van der Waals surface area contributed by atoms with E-state index < -0.39 is 0 Å². The van der Waals surface area contributed by atoms with Crippen molar-refractivity contribution in [3.63, 3.8) is 0 Å². The molecule has 3 aliphatic rings. The van der Waals surface area contributed by atoms with E-state index in [0.29, 0.717) is 18.5 Å². The largest absolute Gasteiger partial charge is 0.372 e. The summed E-state index contributed by atoms with van der Waals surface area (Å²) in [7, 11) is 1.98. The van der Waals surface area contributed by atoms with Crippen molar-refractivity contribution in [2.75, 3.05) is 56.5 Å². The third kappa shape index (κ3) is 4.92. The summed E-state index contributed by atoms with van der Waals surface area (Å²) in [5.41, 5.74) is 2.39. The lowest BCUT2D eigenvalue weighted by Gasteiger charge is -2.29. The molecule has 1 saturated heterocycles. The van der Waals surface area contributed by atoms with Crippen LogP contribution >= 0.6 is 0 Å². The minimum atomic E-state index is 0.00771. The van der Waals surface area contributed by atoms with E-state index in [0.717, 1.165) is 49.9 Å². The third-order valence-electron chi connectivity index (χ3n) is 6.72. The molecule has 0 unspecified atom stereocenters. The van der Waals surface area contributed by atoms with Gasteiger partial charge in [0.25, 0.3) is 5.91 Å². The number of fused-ring (bicyclic) bond motifs is 1. The zero-order valence-corrected chi connectivity index (χ0v) is 17.7. The number of hydrogen-bond donors (Lipinski definition) is 1. The van der Waals surface area contributed by atoms with Gasteiger partial charge in [0.2, 0.25) is 5.91 Å². The molecule has 2 amide bonds. The Bertz CT molecular complexity index is 744. The van der Waals surface area contributed by atoms with E-state index in [9.17, 15) is 9.59 Å². The number of nitrogens with zero attached hydrogens (tertiary/aromatic N) is 3. The molecular weight excluding hydrogens is 364 g/mol. The first kappa shape index (κ1) is 20.2. The van der Waals surface area contributed by atoms with Crippen molar-refractivity contribution in [1.29, 1.82) is 0 Å². The molecule has 2 heterocycles. The lowest BCUT2D eigenvalue weighted by molar-refractivity contribution is -0.115. The lowest BCUT2D eigenvalue weighted by atomic mass is 9.89. The van der Waals surface area contributed by atoms with Crippen LogP contribution < -0.4 is 10.2 Å². The van der Waals surface area contributed by atoms with Crippen LogP contribution in [0.25, 0.3) is 0 Å². The van der Waals surface area contributed by atoms with Crippen LogP contribution in [0.1, 0.15) is 55.3 Å². The highest BCUT2D eigenvalue weighted by atomic mass is 16.2. The molecule has 29 heavy (non-hydrogen) atoms. The molecule has 0 spiro atoms. The average molecular weight is 399 g/mol. The first-order chi connectivity index (χ1) is 14.1. The van der Waals surface area contributed by atoms with Crippen LogP contribution in [-0.4, -0.2) is 67.9 Å². The smallest absolute Gasteiger partial charge is 0.253 e. The highest BCUT2D eigenvalue weighted by Gasteiger charge is 2.24. The van der Waals surface area contributed by atoms with Gasteiger partial charge in [-0.05, 0) is 49.9 Å². The summed E-state index contributed by atoms with van der Waals surface area (Å²) in [6.07, 6.45) is 8.40. The molecule has 1 N–H and O–H groups in total. The van der Waals surface area contributed by atoms with Crippen LogP contribution in [0, 0.1) is 5.92 Å². The van der Waals surface area contributed by atoms with Gasteiger partial charge in [0.05, 0.1) is 11.4 Å². The van der Waals surface area contributed by atoms with E-state index in [1.807, 2.05) is 30.1 Å². The highest BCUT2D eigenvalue weighted by Crippen LogP contribution is 2.29. The summed E-state index contributed by atoms with van der Waals surface area (Å²) in [5, 5.41) is 2.96. The van der Waals surface area contributed by atoms with Crippen LogP contribution in [0.5, 0.6) is 0 Å². The van der Waals surface area contributed by atoms with E-state index >= 15 is 0 Å². The maximum Gasteiger partial charge on any atom is 0.253 e. The van der Waals surface area contributed by atoms with Crippen LogP contribution in [0.2, 0.25) is 0 Å². The van der Waals surface area contributed by atoms with E-state index in [4.69, 9.17) is 0 Å². The summed E-state index contributed by atoms with van der Waals surface area (Å²) in [5.74, 6) is 0.929.